The highest BCUT2D eigenvalue weighted by Crippen LogP contribution is 2.64. The van der Waals surface area contributed by atoms with Gasteiger partial charge in [0.25, 0.3) is 0 Å². The van der Waals surface area contributed by atoms with Gasteiger partial charge in [-0.05, 0) is 69.9 Å². The van der Waals surface area contributed by atoms with E-state index >= 15 is 4.79 Å². The number of ketones is 1. The first kappa shape index (κ1) is 48.3. The van der Waals surface area contributed by atoms with Gasteiger partial charge in [-0.2, -0.15) is 0 Å². The molecule has 16 nitrogen and oxygen atoms in total. The Kier molecular flexibility index (Phi) is 13.6. The normalized spacial score (nSPS) is 31.5. The van der Waals surface area contributed by atoms with E-state index in [0.717, 1.165) is 6.92 Å². The summed E-state index contributed by atoms with van der Waals surface area (Å²) in [6.07, 6.45) is -10.5. The summed E-state index contributed by atoms with van der Waals surface area (Å²) < 4.78 is 35.9. The summed E-state index contributed by atoms with van der Waals surface area (Å²) in [5, 5.41) is 40.6. The van der Waals surface area contributed by atoms with Crippen molar-refractivity contribution in [2.24, 2.45) is 16.7 Å². The zero-order valence-corrected chi connectivity index (χ0v) is 37.9. The average molecular weight is 892 g/mol. The quantitative estimate of drug-likeness (QED) is 0.125. The van der Waals surface area contributed by atoms with Crippen molar-refractivity contribution in [3.8, 4) is 0 Å². The number of esters is 4. The van der Waals surface area contributed by atoms with Gasteiger partial charge >= 0.3 is 30.0 Å². The van der Waals surface area contributed by atoms with Crippen molar-refractivity contribution < 1.29 is 72.5 Å². The zero-order chi connectivity index (χ0) is 47.2. The Morgan fingerprint density at radius 2 is 1.58 bits per heavy atom. The molecule has 3 fully saturated rings. The van der Waals surface area contributed by atoms with Crippen LogP contribution >= 0.6 is 0 Å². The Labute approximate surface area is 372 Å². The first-order valence-electron chi connectivity index (χ1n) is 21.8. The molecule has 3 aliphatic carbocycles. The van der Waals surface area contributed by atoms with Gasteiger partial charge in [-0.1, -0.05) is 75.7 Å². The number of carbonyl (C=O) groups is 6. The van der Waals surface area contributed by atoms with Crippen molar-refractivity contribution in [1.29, 1.82) is 0 Å². The highest BCUT2D eigenvalue weighted by Gasteiger charge is 2.78. The first-order valence-corrected chi connectivity index (χ1v) is 21.8. The topological polar surface area (TPSA) is 231 Å². The van der Waals surface area contributed by atoms with Crippen LogP contribution in [0.3, 0.4) is 0 Å². The fourth-order valence-electron chi connectivity index (χ4n) is 10.2. The largest absolute Gasteiger partial charge is 0.455 e. The van der Waals surface area contributed by atoms with Gasteiger partial charge < -0.3 is 49.1 Å². The van der Waals surface area contributed by atoms with Crippen molar-refractivity contribution in [2.45, 2.75) is 154 Å². The Morgan fingerprint density at radius 3 is 2.14 bits per heavy atom. The maximum atomic E-state index is 15.1. The summed E-state index contributed by atoms with van der Waals surface area (Å²) >= 11 is 0. The van der Waals surface area contributed by atoms with Crippen LogP contribution in [-0.4, -0.2) is 111 Å². The lowest BCUT2D eigenvalue weighted by Crippen LogP contribution is -2.81. The molecular weight excluding hydrogens is 831 g/mol. The Bertz CT molecular complexity index is 2150. The molecule has 6 rings (SSSR count). The summed E-state index contributed by atoms with van der Waals surface area (Å²) in [7, 11) is 0. The van der Waals surface area contributed by atoms with Gasteiger partial charge in [-0.3, -0.25) is 14.4 Å². The number of hydrogen-bond donors (Lipinski definition) is 4. The smallest absolute Gasteiger partial charge is 0.408 e. The number of amides is 1. The molecule has 0 spiro atoms. The number of ether oxygens (including phenoxy) is 6. The number of Topliss-reactive ketones (excluding diaryl/α,β-unsaturated/α-hetero) is 1. The lowest BCUT2D eigenvalue weighted by atomic mass is 9.44. The molecule has 4 N–H and O–H groups in total. The molecule has 2 aromatic carbocycles. The Morgan fingerprint density at radius 1 is 0.953 bits per heavy atom. The van der Waals surface area contributed by atoms with Crippen LogP contribution in [0.5, 0.6) is 0 Å². The van der Waals surface area contributed by atoms with Crippen LogP contribution < -0.4 is 5.32 Å². The van der Waals surface area contributed by atoms with E-state index in [1.54, 1.807) is 83.1 Å². The summed E-state index contributed by atoms with van der Waals surface area (Å²) in [5.41, 5.74) is -8.32. The van der Waals surface area contributed by atoms with Gasteiger partial charge in [0.2, 0.25) is 6.10 Å². The average Bonchev–Trinajstić information content (AvgIpc) is 3.22. The molecule has 1 saturated heterocycles. The van der Waals surface area contributed by atoms with Crippen LogP contribution in [0.4, 0.5) is 4.79 Å². The molecule has 1 aliphatic heterocycles. The third kappa shape index (κ3) is 8.69. The van der Waals surface area contributed by atoms with E-state index in [9.17, 15) is 39.3 Å². The maximum Gasteiger partial charge on any atom is 0.408 e. The van der Waals surface area contributed by atoms with Crippen molar-refractivity contribution in [2.75, 3.05) is 6.61 Å². The highest BCUT2D eigenvalue weighted by molar-refractivity contribution is 5.94. The fraction of sp³-hybridized carbons (Fsp3) is 0.583. The summed E-state index contributed by atoms with van der Waals surface area (Å²) in [5.74, 6) is -6.11. The van der Waals surface area contributed by atoms with Crippen molar-refractivity contribution in [3.05, 3.63) is 82.9 Å². The lowest BCUT2D eigenvalue weighted by molar-refractivity contribution is -0.346. The number of alkyl carbamates (subject to hydrolysis) is 1. The molecule has 2 aromatic rings. The van der Waals surface area contributed by atoms with Crippen molar-refractivity contribution in [1.82, 2.24) is 5.32 Å². The van der Waals surface area contributed by atoms with Crippen LogP contribution in [0.15, 0.2) is 71.8 Å². The Balaban J connectivity index is 1.52. The number of nitrogens with one attached hydrogen (secondary N) is 1. The van der Waals surface area contributed by atoms with E-state index in [1.807, 2.05) is 6.92 Å². The molecule has 348 valence electrons. The number of fused-ring (bicyclic) bond motifs is 5. The highest BCUT2D eigenvalue weighted by atomic mass is 16.6. The lowest BCUT2D eigenvalue weighted by Gasteiger charge is -2.67. The van der Waals surface area contributed by atoms with Crippen LogP contribution in [-0.2, 0) is 47.6 Å². The monoisotopic (exact) mass is 891 g/mol. The van der Waals surface area contributed by atoms with E-state index in [0.29, 0.717) is 18.4 Å². The number of carbonyl (C=O) groups excluding carboxylic acids is 6. The van der Waals surface area contributed by atoms with Crippen LogP contribution in [0.1, 0.15) is 116 Å². The minimum Gasteiger partial charge on any atom is -0.455 e. The van der Waals surface area contributed by atoms with Gasteiger partial charge in [0.05, 0.1) is 29.6 Å². The molecule has 4 aliphatic rings. The van der Waals surface area contributed by atoms with Gasteiger partial charge in [-0.15, -0.1) is 0 Å². The summed E-state index contributed by atoms with van der Waals surface area (Å²) in [6, 6.07) is 14.7. The van der Waals surface area contributed by atoms with E-state index in [4.69, 9.17) is 28.4 Å². The molecule has 11 atom stereocenters. The molecule has 2 saturated carbocycles. The molecule has 0 unspecified atom stereocenters. The fourth-order valence-corrected chi connectivity index (χ4v) is 10.2. The number of aliphatic hydroxyl groups excluding tert-OH is 2. The predicted octanol–water partition coefficient (Wildman–Crippen LogP) is 5.00. The number of hydrogen-bond acceptors (Lipinski definition) is 15. The molecule has 0 aromatic heterocycles. The zero-order valence-electron chi connectivity index (χ0n) is 37.9. The SMILES string of the molecule is CCCCC(=O)O[C@@H](C(=O)O[C@H]1C[C@@]2(O)[C@@H](OC(=O)c3ccccc3)[C@@H]3[C@]4(OC(C)=O)CO[C@@H]4C[C@H](O)[C@@]3(C)C(=O)[C@H](O)C(=C1C)C2(C)C)[C@@H](NC(=O)OC(C)(C)C)c1ccccc1. The van der Waals surface area contributed by atoms with Gasteiger partial charge in [0.15, 0.2) is 11.4 Å². The van der Waals surface area contributed by atoms with Crippen LogP contribution in [0, 0.1) is 16.7 Å². The minimum atomic E-state index is -2.39. The predicted molar refractivity (Wildman–Crippen MR) is 227 cm³/mol. The van der Waals surface area contributed by atoms with Gasteiger partial charge in [-0.25, -0.2) is 14.4 Å². The third-order valence-corrected chi connectivity index (χ3v) is 13.5. The summed E-state index contributed by atoms with van der Waals surface area (Å²) in [4.78, 5) is 84.0. The minimum absolute atomic E-state index is 0.0706. The Hall–Kier alpha value is -5.16. The number of aliphatic hydroxyl groups is 3. The standard InChI is InChI=1S/C48H61NO15/c1-10-11-22-33(52)61-37(35(28-18-14-12-15-19-28)49-43(57)64-44(4,5)6)42(56)60-30-24-48(58)40(62-41(55)29-20-16-13-17-21-29)38-46(9,39(54)36(53)34(26(30)2)45(48,7)8)31(51)23-32-47(38,25-59-32)63-27(3)50/h12-21,30-32,35-38,40,51,53,58H,10-11,22-25H2,1-9H3,(H,49,57)/t30-,31-,32+,35-,36+,37+,38-,40-,46+,47-,48+/m0/s1. The van der Waals surface area contributed by atoms with Crippen molar-refractivity contribution in [3.63, 3.8) is 0 Å². The van der Waals surface area contributed by atoms with Crippen LogP contribution in [0.25, 0.3) is 0 Å². The number of benzene rings is 2. The van der Waals surface area contributed by atoms with Gasteiger partial charge in [0.1, 0.15) is 41.7 Å². The summed E-state index contributed by atoms with van der Waals surface area (Å²) in [6.45, 7) is 13.7. The molecule has 0 radical (unpaired) electrons. The number of rotatable bonds is 12. The molecule has 16 heteroatoms. The van der Waals surface area contributed by atoms with Gasteiger partial charge in [0, 0.05) is 31.6 Å². The second kappa shape index (κ2) is 18.0. The second-order valence-corrected chi connectivity index (χ2v) is 19.1. The van der Waals surface area contributed by atoms with Crippen molar-refractivity contribution >= 4 is 35.8 Å². The number of unbranched alkanes of at least 4 members (excludes halogenated alkanes) is 1. The first-order chi connectivity index (χ1) is 29.9. The molecule has 2 bridgehead atoms. The second-order valence-electron chi connectivity index (χ2n) is 19.1. The molecule has 64 heavy (non-hydrogen) atoms. The van der Waals surface area contributed by atoms with E-state index in [2.05, 4.69) is 5.32 Å². The molecular formula is C48H61NO15. The molecule has 1 amide bonds. The van der Waals surface area contributed by atoms with E-state index in [-0.39, 0.29) is 36.2 Å². The maximum absolute atomic E-state index is 15.1. The van der Waals surface area contributed by atoms with E-state index in [1.165, 1.54) is 26.0 Å². The van der Waals surface area contributed by atoms with Crippen LogP contribution in [0.2, 0.25) is 0 Å². The van der Waals surface area contributed by atoms with E-state index < -0.39 is 118 Å². The third-order valence-electron chi connectivity index (χ3n) is 13.5. The molecule has 1 heterocycles.